The van der Waals surface area contributed by atoms with E-state index in [0.29, 0.717) is 12.0 Å². The fourth-order valence-corrected chi connectivity index (χ4v) is 1.11. The molecule has 0 aliphatic heterocycles. The molecule has 0 spiro atoms. The van der Waals surface area contributed by atoms with Crippen LogP contribution in [0.3, 0.4) is 0 Å². The van der Waals surface area contributed by atoms with E-state index in [9.17, 15) is 4.39 Å². The van der Waals surface area contributed by atoms with Crippen LogP contribution in [0.25, 0.3) is 0 Å². The van der Waals surface area contributed by atoms with Crippen LogP contribution in [-0.4, -0.2) is 16.8 Å². The molecule has 4 N–H and O–H groups in total. The summed E-state index contributed by atoms with van der Waals surface area (Å²) < 4.78 is 13.1. The minimum absolute atomic E-state index is 0.0819. The highest BCUT2D eigenvalue weighted by molar-refractivity contribution is 5.29. The molecule has 3 nitrogen and oxygen atoms in total. The van der Waals surface area contributed by atoms with Crippen LogP contribution in [-0.2, 0) is 0 Å². The Morgan fingerprint density at radius 3 is 2.69 bits per heavy atom. The zero-order chi connectivity index (χ0) is 9.84. The summed E-state index contributed by atoms with van der Waals surface area (Å²) in [6.45, 7) is -0.0819. The Morgan fingerprint density at radius 1 is 1.46 bits per heavy atom. The molecule has 4 heteroatoms. The summed E-state index contributed by atoms with van der Waals surface area (Å²) in [6, 6.07) is 3.28. The molecule has 0 saturated heterocycles. The van der Waals surface area contributed by atoms with Crippen molar-refractivity contribution in [3.05, 3.63) is 29.6 Å². The molecule has 1 rings (SSSR count). The predicted octanol–water partition coefficient (Wildman–Crippen LogP) is 0.913. The van der Waals surface area contributed by atoms with Gasteiger partial charge < -0.3 is 15.9 Å². The van der Waals surface area contributed by atoms with Crippen LogP contribution >= 0.6 is 0 Å². The van der Waals surface area contributed by atoms with Gasteiger partial charge in [0.2, 0.25) is 0 Å². The average molecular weight is 185 g/mol. The van der Waals surface area contributed by atoms with Crippen molar-refractivity contribution in [2.75, 3.05) is 6.61 Å². The molecule has 0 fully saturated rings. The Bertz CT molecular complexity index is 291. The van der Waals surface area contributed by atoms with Gasteiger partial charge in [0, 0.05) is 24.3 Å². The van der Waals surface area contributed by atoms with Crippen molar-refractivity contribution in [1.82, 2.24) is 0 Å². The van der Waals surface area contributed by atoms with Gasteiger partial charge in [-0.15, -0.1) is 0 Å². The monoisotopic (exact) mass is 185 g/mol. The maximum Gasteiger partial charge on any atom is 0.131 e. The van der Waals surface area contributed by atoms with E-state index >= 15 is 0 Å². The number of hydrogen-bond acceptors (Lipinski definition) is 3. The molecular weight excluding hydrogens is 173 g/mol. The minimum atomic E-state index is -0.541. The van der Waals surface area contributed by atoms with Gasteiger partial charge in [0.05, 0.1) is 0 Å². The largest absolute Gasteiger partial charge is 0.508 e. The Balaban J connectivity index is 2.88. The number of aromatic hydroxyl groups is 1. The molecule has 0 unspecified atom stereocenters. The van der Waals surface area contributed by atoms with Gasteiger partial charge in [0.25, 0.3) is 0 Å². The second-order valence-electron chi connectivity index (χ2n) is 2.82. The Labute approximate surface area is 75.6 Å². The Hall–Kier alpha value is -1.13. The fraction of sp³-hybridized carbons (Fsp3) is 0.333. The molecule has 0 aromatic heterocycles. The lowest BCUT2D eigenvalue weighted by Gasteiger charge is -2.11. The number of rotatable bonds is 3. The summed E-state index contributed by atoms with van der Waals surface area (Å²) in [5, 5.41) is 17.5. The van der Waals surface area contributed by atoms with E-state index in [0.717, 1.165) is 6.07 Å². The van der Waals surface area contributed by atoms with Gasteiger partial charge in [-0.2, -0.15) is 0 Å². The molecule has 0 radical (unpaired) electrons. The molecule has 1 atom stereocenters. The number of aliphatic hydroxyl groups is 1. The predicted molar refractivity (Wildman–Crippen MR) is 46.7 cm³/mol. The van der Waals surface area contributed by atoms with Crippen LogP contribution in [0.1, 0.15) is 18.0 Å². The fourth-order valence-electron chi connectivity index (χ4n) is 1.11. The summed E-state index contributed by atoms with van der Waals surface area (Å²) >= 11 is 0. The van der Waals surface area contributed by atoms with E-state index in [1.54, 1.807) is 0 Å². The first-order valence-electron chi connectivity index (χ1n) is 4.00. The molecule has 0 bridgehead atoms. The van der Waals surface area contributed by atoms with E-state index in [4.69, 9.17) is 15.9 Å². The molecule has 13 heavy (non-hydrogen) atoms. The maximum absolute atomic E-state index is 13.1. The van der Waals surface area contributed by atoms with Crippen LogP contribution in [0.2, 0.25) is 0 Å². The van der Waals surface area contributed by atoms with E-state index in [1.807, 2.05) is 0 Å². The van der Waals surface area contributed by atoms with E-state index in [1.165, 1.54) is 12.1 Å². The van der Waals surface area contributed by atoms with Gasteiger partial charge in [0.15, 0.2) is 0 Å². The van der Waals surface area contributed by atoms with Crippen molar-refractivity contribution >= 4 is 0 Å². The molecule has 0 saturated carbocycles. The maximum atomic E-state index is 13.1. The molecule has 0 aliphatic rings. The van der Waals surface area contributed by atoms with Crippen LogP contribution in [0, 0.1) is 5.82 Å². The van der Waals surface area contributed by atoms with E-state index in [2.05, 4.69) is 0 Å². The first-order chi connectivity index (χ1) is 6.15. The highest BCUT2D eigenvalue weighted by atomic mass is 19.1. The second-order valence-corrected chi connectivity index (χ2v) is 2.82. The number of phenolic OH excluding ortho intramolecular Hbond substituents is 1. The first kappa shape index (κ1) is 9.95. The molecule has 0 aliphatic carbocycles. The zero-order valence-corrected chi connectivity index (χ0v) is 7.07. The van der Waals surface area contributed by atoms with Gasteiger partial charge in [0.1, 0.15) is 11.6 Å². The summed E-state index contributed by atoms with van der Waals surface area (Å²) in [4.78, 5) is 0. The lowest BCUT2D eigenvalue weighted by atomic mass is 10.0. The third-order valence-corrected chi connectivity index (χ3v) is 1.82. The van der Waals surface area contributed by atoms with Crippen molar-refractivity contribution in [3.8, 4) is 5.75 Å². The standard InChI is InChI=1S/C9H12FNO2/c10-8-5-6(13)1-2-7(8)9(11)3-4-12/h1-2,5,9,12-13H,3-4,11H2/t9-/m1/s1. The molecule has 1 aromatic rings. The Kier molecular flexibility index (Phi) is 3.22. The van der Waals surface area contributed by atoms with Crippen LogP contribution in [0.15, 0.2) is 18.2 Å². The highest BCUT2D eigenvalue weighted by Crippen LogP contribution is 2.21. The number of halogens is 1. The van der Waals surface area contributed by atoms with Gasteiger partial charge >= 0.3 is 0 Å². The van der Waals surface area contributed by atoms with Crippen molar-refractivity contribution in [2.24, 2.45) is 5.73 Å². The summed E-state index contributed by atoms with van der Waals surface area (Å²) in [6.07, 6.45) is 0.307. The van der Waals surface area contributed by atoms with Crippen LogP contribution < -0.4 is 5.73 Å². The van der Waals surface area contributed by atoms with Gasteiger partial charge in [-0.1, -0.05) is 6.07 Å². The van der Waals surface area contributed by atoms with Crippen molar-refractivity contribution in [1.29, 1.82) is 0 Å². The number of nitrogens with two attached hydrogens (primary N) is 1. The topological polar surface area (TPSA) is 66.5 Å². The van der Waals surface area contributed by atoms with Crippen LogP contribution in [0.4, 0.5) is 4.39 Å². The van der Waals surface area contributed by atoms with Gasteiger partial charge in [-0.3, -0.25) is 0 Å². The molecule has 1 aromatic carbocycles. The normalized spacial score (nSPS) is 12.8. The average Bonchev–Trinajstić information content (AvgIpc) is 2.04. The van der Waals surface area contributed by atoms with Gasteiger partial charge in [-0.25, -0.2) is 4.39 Å². The summed E-state index contributed by atoms with van der Waals surface area (Å²) in [5.41, 5.74) is 5.89. The smallest absolute Gasteiger partial charge is 0.131 e. The van der Waals surface area contributed by atoms with Crippen molar-refractivity contribution in [3.63, 3.8) is 0 Å². The number of benzene rings is 1. The highest BCUT2D eigenvalue weighted by Gasteiger charge is 2.10. The van der Waals surface area contributed by atoms with Crippen LogP contribution in [0.5, 0.6) is 5.75 Å². The number of aliphatic hydroxyl groups excluding tert-OH is 1. The first-order valence-corrected chi connectivity index (χ1v) is 4.00. The Morgan fingerprint density at radius 2 is 2.15 bits per heavy atom. The number of phenols is 1. The SMILES string of the molecule is N[C@H](CCO)c1ccc(O)cc1F. The van der Waals surface area contributed by atoms with E-state index < -0.39 is 11.9 Å². The third-order valence-electron chi connectivity index (χ3n) is 1.82. The summed E-state index contributed by atoms with van der Waals surface area (Å²) in [7, 11) is 0. The molecule has 0 heterocycles. The van der Waals surface area contributed by atoms with E-state index in [-0.39, 0.29) is 12.4 Å². The van der Waals surface area contributed by atoms with Crippen molar-refractivity contribution < 1.29 is 14.6 Å². The lowest BCUT2D eigenvalue weighted by molar-refractivity contribution is 0.275. The molecular formula is C9H12FNO2. The zero-order valence-electron chi connectivity index (χ0n) is 7.07. The minimum Gasteiger partial charge on any atom is -0.508 e. The number of hydrogen-bond donors (Lipinski definition) is 3. The molecule has 0 amide bonds. The quantitative estimate of drug-likeness (QED) is 0.655. The van der Waals surface area contributed by atoms with Gasteiger partial charge in [-0.05, 0) is 12.5 Å². The second kappa shape index (κ2) is 4.20. The van der Waals surface area contributed by atoms with Crippen molar-refractivity contribution in [2.45, 2.75) is 12.5 Å². The lowest BCUT2D eigenvalue weighted by Crippen LogP contribution is -2.13. The summed E-state index contributed by atoms with van der Waals surface area (Å²) in [5.74, 6) is -0.668. The molecule has 72 valence electrons. The third kappa shape index (κ3) is 2.40.